The molecule has 3 aromatic rings. The maximum atomic E-state index is 14.7. The number of piperidine rings is 2. The second kappa shape index (κ2) is 17.0. The number of ketones is 1. The summed E-state index contributed by atoms with van der Waals surface area (Å²) in [4.78, 5) is 59.1. The van der Waals surface area contributed by atoms with Crippen LogP contribution in [-0.2, 0) is 38.2 Å². The van der Waals surface area contributed by atoms with Gasteiger partial charge in [-0.15, -0.1) is 0 Å². The predicted octanol–water partition coefficient (Wildman–Crippen LogP) is 6.24. The Balaban J connectivity index is 0.916. The lowest BCUT2D eigenvalue weighted by atomic mass is 9.75. The van der Waals surface area contributed by atoms with Crippen LogP contribution in [0.3, 0.4) is 0 Å². The number of likely N-dealkylation sites (tertiary alicyclic amines) is 1. The number of carbonyl (C=O) groups is 4. The maximum Gasteiger partial charge on any atom is 0.419 e. The number of benzene rings is 2. The molecule has 4 heterocycles. The van der Waals surface area contributed by atoms with Gasteiger partial charge in [0.2, 0.25) is 11.8 Å². The zero-order valence-corrected chi connectivity index (χ0v) is 33.2. The van der Waals surface area contributed by atoms with Gasteiger partial charge in [0.05, 0.1) is 30.6 Å². The smallest absolute Gasteiger partial charge is 0.419 e. The summed E-state index contributed by atoms with van der Waals surface area (Å²) in [5.74, 6) is -0.741. The number of anilines is 3. The third-order valence-electron chi connectivity index (χ3n) is 11.7. The van der Waals surface area contributed by atoms with E-state index in [1.54, 1.807) is 4.90 Å². The molecule has 12 nitrogen and oxygen atoms in total. The lowest BCUT2D eigenvalue weighted by molar-refractivity contribution is -0.138. The number of thiocarbonyl (C=S) groups is 1. The molecule has 4 fully saturated rings. The van der Waals surface area contributed by atoms with E-state index in [-0.39, 0.29) is 47.4 Å². The number of imide groups is 1. The van der Waals surface area contributed by atoms with Crippen LogP contribution < -0.4 is 25.2 Å². The van der Waals surface area contributed by atoms with Crippen LogP contribution in [0, 0.1) is 23.1 Å². The maximum absolute atomic E-state index is 14.7. The highest BCUT2D eigenvalue weighted by Gasteiger charge is 2.60. The monoisotopic (exact) mass is 833 g/mol. The molecule has 1 aliphatic carbocycles. The van der Waals surface area contributed by atoms with Crippen molar-refractivity contribution in [3.63, 3.8) is 0 Å². The van der Waals surface area contributed by atoms with Crippen LogP contribution in [0.25, 0.3) is 0 Å². The molecular weight excluding hydrogens is 791 g/mol. The Labute approximate surface area is 343 Å². The molecule has 0 bridgehead atoms. The summed E-state index contributed by atoms with van der Waals surface area (Å²) in [6.07, 6.45) is 1.52. The van der Waals surface area contributed by atoms with Crippen molar-refractivity contribution in [2.24, 2.45) is 5.92 Å². The molecule has 0 radical (unpaired) electrons. The highest BCUT2D eigenvalue weighted by molar-refractivity contribution is 7.81. The van der Waals surface area contributed by atoms with Gasteiger partial charge in [-0.1, -0.05) is 6.92 Å². The van der Waals surface area contributed by atoms with E-state index in [4.69, 9.17) is 17.0 Å². The number of alkyl halides is 3. The number of nitriles is 1. The molecule has 59 heavy (non-hydrogen) atoms. The third kappa shape index (κ3) is 8.65. The van der Waals surface area contributed by atoms with Gasteiger partial charge in [-0.25, -0.2) is 9.37 Å². The van der Waals surface area contributed by atoms with Gasteiger partial charge in [-0.3, -0.25) is 34.3 Å². The van der Waals surface area contributed by atoms with Crippen molar-refractivity contribution in [2.75, 3.05) is 41.4 Å². The number of carbonyl (C=O) groups excluding carboxylic acids is 4. The summed E-state index contributed by atoms with van der Waals surface area (Å²) in [6, 6.07) is 11.5. The molecule has 310 valence electrons. The fourth-order valence-corrected chi connectivity index (χ4v) is 8.80. The Hall–Kier alpha value is -5.47. The van der Waals surface area contributed by atoms with Crippen LogP contribution >= 0.6 is 12.2 Å². The average Bonchev–Trinajstić information content (AvgIpc) is 3.43. The number of aromatic nitrogens is 1. The topological polar surface area (TPSA) is 148 Å². The van der Waals surface area contributed by atoms with E-state index < -0.39 is 46.6 Å². The van der Waals surface area contributed by atoms with Crippen LogP contribution in [0.5, 0.6) is 5.75 Å². The fraction of sp³-hybridized carbons (Fsp3) is 0.452. The molecule has 2 aromatic carbocycles. The molecule has 1 spiro atoms. The molecule has 3 saturated heterocycles. The number of pyridine rings is 1. The van der Waals surface area contributed by atoms with E-state index in [2.05, 4.69) is 20.5 Å². The van der Waals surface area contributed by atoms with Crippen LogP contribution in [0.15, 0.2) is 48.7 Å². The second-order valence-electron chi connectivity index (χ2n) is 15.5. The Morgan fingerprint density at radius 2 is 1.83 bits per heavy atom. The summed E-state index contributed by atoms with van der Waals surface area (Å²) >= 11 is 5.77. The van der Waals surface area contributed by atoms with E-state index in [1.807, 2.05) is 25.1 Å². The number of aryl methyl sites for hydroxylation is 1. The summed E-state index contributed by atoms with van der Waals surface area (Å²) in [6.45, 7) is 4.07. The molecular formula is C42H43F4N7O5S. The summed E-state index contributed by atoms with van der Waals surface area (Å²) in [7, 11) is 0. The van der Waals surface area contributed by atoms with Crippen molar-refractivity contribution in [1.82, 2.24) is 15.2 Å². The first-order valence-corrected chi connectivity index (χ1v) is 20.2. The molecule has 1 aromatic heterocycles. The van der Waals surface area contributed by atoms with E-state index in [0.29, 0.717) is 68.4 Å². The minimum absolute atomic E-state index is 0.0406. The third-order valence-corrected chi connectivity index (χ3v) is 12.1. The van der Waals surface area contributed by atoms with Gasteiger partial charge >= 0.3 is 6.18 Å². The molecule has 1 unspecified atom stereocenters. The molecule has 17 heteroatoms. The van der Waals surface area contributed by atoms with Crippen molar-refractivity contribution >= 4 is 57.9 Å². The summed E-state index contributed by atoms with van der Waals surface area (Å²) < 4.78 is 62.3. The minimum atomic E-state index is -4.85. The Bertz CT molecular complexity index is 2220. The molecule has 4 aliphatic rings. The highest BCUT2D eigenvalue weighted by Crippen LogP contribution is 2.49. The Morgan fingerprint density at radius 1 is 1.07 bits per heavy atom. The number of hydrogen-bond donors (Lipinski definition) is 2. The van der Waals surface area contributed by atoms with Gasteiger partial charge in [0.15, 0.2) is 16.6 Å². The van der Waals surface area contributed by atoms with Crippen molar-refractivity contribution in [3.8, 4) is 11.8 Å². The molecule has 2 N–H and O–H groups in total. The van der Waals surface area contributed by atoms with Crippen molar-refractivity contribution in [3.05, 3.63) is 76.9 Å². The minimum Gasteiger partial charge on any atom is -0.493 e. The van der Waals surface area contributed by atoms with Crippen LogP contribution in [0.1, 0.15) is 80.7 Å². The number of nitrogens with one attached hydrogen (secondary N) is 2. The molecule has 3 aliphatic heterocycles. The first-order chi connectivity index (χ1) is 28.2. The quantitative estimate of drug-likeness (QED) is 0.115. The fourth-order valence-electron chi connectivity index (χ4n) is 8.33. The number of rotatable bonds is 13. The Morgan fingerprint density at radius 3 is 2.49 bits per heavy atom. The predicted molar refractivity (Wildman–Crippen MR) is 213 cm³/mol. The van der Waals surface area contributed by atoms with E-state index >= 15 is 0 Å². The van der Waals surface area contributed by atoms with Crippen molar-refractivity contribution < 1.29 is 41.5 Å². The standard InChI is InChI=1S/C42H43F4N7O5S/c1-2-26-19-29(53-40(59)52(39(57)41(53)13-3-14-41)30-21-32(42(44,45)46)35(22-47)48-23-30)5-8-36(26)58-17-12-25-10-15-51(16-11-25)24-31(54)20-27-18-28(4-6-33(27)43)49-34-7-9-37(55)50-38(34)56/h4-6,8,18-19,21,23,25,34,49H,2-3,7,9-17,20,24H2,1H3,(H,50,55,56). The Kier molecular flexibility index (Phi) is 12.0. The highest BCUT2D eigenvalue weighted by atomic mass is 32.1. The van der Waals surface area contributed by atoms with Crippen molar-refractivity contribution in [2.45, 2.75) is 88.9 Å². The average molecular weight is 834 g/mol. The zero-order chi connectivity index (χ0) is 42.1. The second-order valence-corrected chi connectivity index (χ2v) is 15.9. The van der Waals surface area contributed by atoms with Gasteiger partial charge in [-0.2, -0.15) is 18.4 Å². The largest absolute Gasteiger partial charge is 0.493 e. The molecule has 7 rings (SSSR count). The number of Topliss-reactive ketones (excluding diaryl/α,β-unsaturated/α-hetero) is 1. The van der Waals surface area contributed by atoms with Crippen molar-refractivity contribution in [1.29, 1.82) is 5.26 Å². The lowest BCUT2D eigenvalue weighted by Crippen LogP contribution is -2.55. The van der Waals surface area contributed by atoms with E-state index in [9.17, 15) is 42.0 Å². The first kappa shape index (κ1) is 41.7. The van der Waals surface area contributed by atoms with Crippen LogP contribution in [0.4, 0.5) is 34.6 Å². The first-order valence-electron chi connectivity index (χ1n) is 19.7. The van der Waals surface area contributed by atoms with Crippen LogP contribution in [-0.4, -0.2) is 76.3 Å². The molecule has 3 amide bonds. The van der Waals surface area contributed by atoms with Gasteiger partial charge in [0, 0.05) is 24.2 Å². The summed E-state index contributed by atoms with van der Waals surface area (Å²) in [5, 5.41) is 14.6. The lowest BCUT2D eigenvalue weighted by Gasteiger charge is -2.43. The van der Waals surface area contributed by atoms with E-state index in [1.165, 1.54) is 24.3 Å². The number of halogens is 4. The molecule has 1 atom stereocenters. The number of nitrogens with zero attached hydrogens (tertiary/aromatic N) is 5. The van der Waals surface area contributed by atoms with Gasteiger partial charge < -0.3 is 15.0 Å². The van der Waals surface area contributed by atoms with E-state index in [0.717, 1.165) is 48.4 Å². The van der Waals surface area contributed by atoms with Gasteiger partial charge in [0.1, 0.15) is 29.2 Å². The number of ether oxygens (including phenoxy) is 1. The SMILES string of the molecule is CCc1cc(N2C(=S)N(c3cnc(C#N)c(C(F)(F)F)c3)C(=O)C23CCC3)ccc1OCCC1CCN(CC(=O)Cc2cc(NC3CCC(=O)NC3=O)ccc2F)CC1. The number of amides is 3. The van der Waals surface area contributed by atoms with Gasteiger partial charge in [-0.05, 0) is 136 Å². The summed E-state index contributed by atoms with van der Waals surface area (Å²) in [5.41, 5.74) is -0.943. The van der Waals surface area contributed by atoms with Crippen LogP contribution in [0.2, 0.25) is 0 Å². The zero-order valence-electron chi connectivity index (χ0n) is 32.4. The normalized spacial score (nSPS) is 19.8. The molecule has 1 saturated carbocycles. The van der Waals surface area contributed by atoms with Gasteiger partial charge in [0.25, 0.3) is 5.91 Å². The number of hydrogen-bond acceptors (Lipinski definition) is 10.